The summed E-state index contributed by atoms with van der Waals surface area (Å²) in [5, 5.41) is 37.4. The molecule has 0 spiro atoms. The van der Waals surface area contributed by atoms with Gasteiger partial charge in [-0.25, -0.2) is 0 Å². The number of aldehydes is 1. The van der Waals surface area contributed by atoms with Gasteiger partial charge < -0.3 is 25.3 Å². The van der Waals surface area contributed by atoms with Gasteiger partial charge in [0.1, 0.15) is 18.3 Å². The number of aliphatic hydroxyl groups is 4. The van der Waals surface area contributed by atoms with Gasteiger partial charge in [-0.15, -0.1) is 4.91 Å². The highest BCUT2D eigenvalue weighted by atomic mass is 16.7. The highest BCUT2D eigenvalue weighted by Gasteiger charge is 2.32. The zero-order valence-electron chi connectivity index (χ0n) is 7.05. The zero-order valence-corrected chi connectivity index (χ0v) is 7.05. The van der Waals surface area contributed by atoms with E-state index in [9.17, 15) is 9.70 Å². The Labute approximate surface area is 78.7 Å². The predicted molar refractivity (Wildman–Crippen MR) is 41.8 cm³/mol. The third-order valence-corrected chi connectivity index (χ3v) is 1.57. The second kappa shape index (κ2) is 6.38. The van der Waals surface area contributed by atoms with Crippen LogP contribution in [0.3, 0.4) is 0 Å². The van der Waals surface area contributed by atoms with Crippen molar-refractivity contribution < 1.29 is 30.1 Å². The van der Waals surface area contributed by atoms with E-state index >= 15 is 0 Å². The van der Waals surface area contributed by atoms with E-state index in [-0.39, 0.29) is 6.29 Å². The van der Waals surface area contributed by atoms with Crippen LogP contribution in [0.5, 0.6) is 0 Å². The van der Waals surface area contributed by atoms with Gasteiger partial charge in [-0.3, -0.25) is 4.79 Å². The molecule has 0 aromatic rings. The fourth-order valence-corrected chi connectivity index (χ4v) is 0.747. The fraction of sp³-hybridized carbons (Fsp3) is 0.833. The Morgan fingerprint density at radius 3 is 2.21 bits per heavy atom. The molecular formula is C6H11NO7. The first kappa shape index (κ1) is 12.9. The quantitative estimate of drug-likeness (QED) is 0.204. The van der Waals surface area contributed by atoms with Crippen LogP contribution in [0.2, 0.25) is 0 Å². The second-order valence-corrected chi connectivity index (χ2v) is 2.51. The molecule has 8 heteroatoms. The molecule has 0 heterocycles. The molecular weight excluding hydrogens is 198 g/mol. The number of carbonyl (C=O) groups is 1. The molecule has 14 heavy (non-hydrogen) atoms. The standard InChI is InChI=1S/C6H11NO7/c8-1-3(10)5(11)6(12)4(2-9)14-7-13/h2-6,8,10-12H,1H2/t3-,4+,5-,6-/m1/s1. The van der Waals surface area contributed by atoms with E-state index < -0.39 is 31.0 Å². The van der Waals surface area contributed by atoms with Gasteiger partial charge in [0.25, 0.3) is 0 Å². The fourth-order valence-electron chi connectivity index (χ4n) is 0.747. The van der Waals surface area contributed by atoms with Gasteiger partial charge in [-0.2, -0.15) is 0 Å². The lowest BCUT2D eigenvalue weighted by Gasteiger charge is -2.23. The first-order chi connectivity index (χ1) is 6.58. The summed E-state index contributed by atoms with van der Waals surface area (Å²) in [6.07, 6.45) is -6.92. The molecule has 0 saturated carbocycles. The molecule has 0 aromatic heterocycles. The molecule has 4 N–H and O–H groups in total. The van der Waals surface area contributed by atoms with E-state index in [2.05, 4.69) is 4.84 Å². The molecule has 0 aliphatic rings. The molecule has 0 aromatic carbocycles. The van der Waals surface area contributed by atoms with Gasteiger partial charge >= 0.3 is 0 Å². The van der Waals surface area contributed by atoms with E-state index in [0.29, 0.717) is 0 Å². The van der Waals surface area contributed by atoms with E-state index in [1.54, 1.807) is 0 Å². The molecule has 8 nitrogen and oxygen atoms in total. The minimum Gasteiger partial charge on any atom is -0.394 e. The smallest absolute Gasteiger partial charge is 0.213 e. The molecule has 0 amide bonds. The molecule has 0 rings (SSSR count). The van der Waals surface area contributed by atoms with Gasteiger partial charge in [-0.05, 0) is 0 Å². The van der Waals surface area contributed by atoms with Crippen molar-refractivity contribution in [3.8, 4) is 0 Å². The molecule has 4 atom stereocenters. The summed E-state index contributed by atoms with van der Waals surface area (Å²) in [4.78, 5) is 23.7. The summed E-state index contributed by atoms with van der Waals surface area (Å²) in [7, 11) is 0. The van der Waals surface area contributed by atoms with Crippen molar-refractivity contribution >= 4 is 6.29 Å². The average Bonchev–Trinajstić information content (AvgIpc) is 2.22. The topological polar surface area (TPSA) is 137 Å². The van der Waals surface area contributed by atoms with Crippen molar-refractivity contribution in [2.75, 3.05) is 6.61 Å². The number of hydrogen-bond donors (Lipinski definition) is 4. The van der Waals surface area contributed by atoms with Crippen LogP contribution < -0.4 is 0 Å². The van der Waals surface area contributed by atoms with Gasteiger partial charge in [-0.1, -0.05) is 0 Å². The van der Waals surface area contributed by atoms with E-state index in [1.807, 2.05) is 5.34 Å². The van der Waals surface area contributed by atoms with Crippen LogP contribution in [-0.4, -0.2) is 57.7 Å². The lowest BCUT2D eigenvalue weighted by molar-refractivity contribution is -0.146. The van der Waals surface area contributed by atoms with E-state index in [1.165, 1.54) is 0 Å². The lowest BCUT2D eigenvalue weighted by atomic mass is 10.0. The van der Waals surface area contributed by atoms with Crippen molar-refractivity contribution in [3.05, 3.63) is 4.91 Å². The molecule has 0 aliphatic heterocycles. The van der Waals surface area contributed by atoms with Crippen molar-refractivity contribution in [1.29, 1.82) is 0 Å². The van der Waals surface area contributed by atoms with Crippen LogP contribution in [0.4, 0.5) is 0 Å². The van der Waals surface area contributed by atoms with E-state index in [0.717, 1.165) is 0 Å². The van der Waals surface area contributed by atoms with Crippen molar-refractivity contribution in [1.82, 2.24) is 0 Å². The van der Waals surface area contributed by atoms with E-state index in [4.69, 9.17) is 20.4 Å². The normalized spacial score (nSPS) is 19.1. The second-order valence-electron chi connectivity index (χ2n) is 2.51. The summed E-state index contributed by atoms with van der Waals surface area (Å²) in [5.41, 5.74) is 0. The van der Waals surface area contributed by atoms with Gasteiger partial charge in [0.15, 0.2) is 11.6 Å². The van der Waals surface area contributed by atoms with Crippen LogP contribution >= 0.6 is 0 Å². The molecule has 0 bridgehead atoms. The summed E-state index contributed by atoms with van der Waals surface area (Å²) in [6.45, 7) is -0.807. The maximum atomic E-state index is 10.2. The third-order valence-electron chi connectivity index (χ3n) is 1.57. The number of carbonyl (C=O) groups excluding carboxylic acids is 1. The Morgan fingerprint density at radius 2 is 1.86 bits per heavy atom. The monoisotopic (exact) mass is 209 g/mol. The largest absolute Gasteiger partial charge is 0.394 e. The molecule has 0 radical (unpaired) electrons. The minimum absolute atomic E-state index is 0.0411. The van der Waals surface area contributed by atoms with Gasteiger partial charge in [0, 0.05) is 0 Å². The maximum absolute atomic E-state index is 10.2. The van der Waals surface area contributed by atoms with Crippen LogP contribution in [0.1, 0.15) is 0 Å². The molecule has 0 fully saturated rings. The Kier molecular flexibility index (Phi) is 5.88. The van der Waals surface area contributed by atoms with Crippen LogP contribution in [0.25, 0.3) is 0 Å². The lowest BCUT2D eigenvalue weighted by Crippen LogP contribution is -2.46. The Bertz CT molecular complexity index is 187. The summed E-state index contributed by atoms with van der Waals surface area (Å²) in [5.74, 6) is 0. The van der Waals surface area contributed by atoms with Crippen molar-refractivity contribution in [3.63, 3.8) is 0 Å². The van der Waals surface area contributed by atoms with Crippen molar-refractivity contribution in [2.45, 2.75) is 24.4 Å². The zero-order chi connectivity index (χ0) is 11.1. The first-order valence-corrected chi connectivity index (χ1v) is 3.67. The summed E-state index contributed by atoms with van der Waals surface area (Å²) < 4.78 is 0. The SMILES string of the molecule is O=C[C@H](ON=O)[C@@H](O)[C@H](O)[C@H](O)CO. The summed E-state index contributed by atoms with van der Waals surface area (Å²) in [6, 6.07) is 0. The molecule has 82 valence electrons. The maximum Gasteiger partial charge on any atom is 0.213 e. The third kappa shape index (κ3) is 3.34. The number of aliphatic hydroxyl groups excluding tert-OH is 4. The van der Waals surface area contributed by atoms with Crippen LogP contribution in [0, 0.1) is 4.91 Å². The highest BCUT2D eigenvalue weighted by molar-refractivity contribution is 5.57. The number of rotatable bonds is 7. The first-order valence-electron chi connectivity index (χ1n) is 3.67. The predicted octanol–water partition coefficient (Wildman–Crippen LogP) is -2.67. The molecule has 0 unspecified atom stereocenters. The van der Waals surface area contributed by atoms with Crippen LogP contribution in [0.15, 0.2) is 5.34 Å². The highest BCUT2D eigenvalue weighted by Crippen LogP contribution is 2.06. The Balaban J connectivity index is 4.31. The van der Waals surface area contributed by atoms with Crippen LogP contribution in [-0.2, 0) is 9.63 Å². The number of nitrogens with zero attached hydrogens (tertiary/aromatic N) is 1. The van der Waals surface area contributed by atoms with Gasteiger partial charge in [0.2, 0.25) is 6.10 Å². The Morgan fingerprint density at radius 1 is 1.29 bits per heavy atom. The number of hydrogen-bond acceptors (Lipinski definition) is 8. The molecule has 0 aliphatic carbocycles. The summed E-state index contributed by atoms with van der Waals surface area (Å²) >= 11 is 0. The average molecular weight is 209 g/mol. The van der Waals surface area contributed by atoms with Crippen molar-refractivity contribution in [2.24, 2.45) is 5.34 Å². The van der Waals surface area contributed by atoms with Gasteiger partial charge in [0.05, 0.1) is 6.61 Å². The minimum atomic E-state index is -1.84. The molecule has 0 saturated heterocycles. The Hall–Kier alpha value is -1.09.